The SMILES string of the molecule is COc1ccc(OCc2ccncc2Cl)c(CN)c1. The Labute approximate surface area is 117 Å². The average Bonchev–Trinajstić information content (AvgIpc) is 2.46. The molecule has 2 aromatic rings. The Kier molecular flexibility index (Phi) is 4.60. The third-order valence-electron chi connectivity index (χ3n) is 2.73. The zero-order valence-corrected chi connectivity index (χ0v) is 11.4. The second kappa shape index (κ2) is 6.41. The Morgan fingerprint density at radius 2 is 2.11 bits per heavy atom. The zero-order valence-electron chi connectivity index (χ0n) is 10.6. The maximum Gasteiger partial charge on any atom is 0.124 e. The van der Waals surface area contributed by atoms with Crippen LogP contribution in [0.25, 0.3) is 0 Å². The molecule has 0 saturated heterocycles. The van der Waals surface area contributed by atoms with Gasteiger partial charge in [-0.1, -0.05) is 11.6 Å². The summed E-state index contributed by atoms with van der Waals surface area (Å²) in [5.41, 5.74) is 7.48. The molecule has 2 N–H and O–H groups in total. The molecule has 1 aromatic carbocycles. The van der Waals surface area contributed by atoms with Crippen LogP contribution < -0.4 is 15.2 Å². The number of hydrogen-bond donors (Lipinski definition) is 1. The highest BCUT2D eigenvalue weighted by molar-refractivity contribution is 6.31. The van der Waals surface area contributed by atoms with Gasteiger partial charge >= 0.3 is 0 Å². The number of pyridine rings is 1. The molecular formula is C14H15ClN2O2. The fourth-order valence-electron chi connectivity index (χ4n) is 1.66. The normalized spacial score (nSPS) is 10.3. The molecule has 0 aliphatic heterocycles. The van der Waals surface area contributed by atoms with Crippen LogP contribution in [0.15, 0.2) is 36.7 Å². The fraction of sp³-hybridized carbons (Fsp3) is 0.214. The molecule has 19 heavy (non-hydrogen) atoms. The molecule has 0 amide bonds. The molecule has 1 heterocycles. The zero-order chi connectivity index (χ0) is 13.7. The minimum absolute atomic E-state index is 0.376. The van der Waals surface area contributed by atoms with E-state index >= 15 is 0 Å². The lowest BCUT2D eigenvalue weighted by Gasteiger charge is -2.12. The molecule has 0 radical (unpaired) electrons. The number of aromatic nitrogens is 1. The van der Waals surface area contributed by atoms with Crippen LogP contribution in [0.4, 0.5) is 0 Å². The summed E-state index contributed by atoms with van der Waals surface area (Å²) < 4.78 is 10.9. The van der Waals surface area contributed by atoms with Gasteiger partial charge in [-0.15, -0.1) is 0 Å². The average molecular weight is 279 g/mol. The predicted molar refractivity (Wildman–Crippen MR) is 74.5 cm³/mol. The van der Waals surface area contributed by atoms with Crippen molar-refractivity contribution in [1.82, 2.24) is 4.98 Å². The number of ether oxygens (including phenoxy) is 2. The lowest BCUT2D eigenvalue weighted by atomic mass is 10.2. The summed E-state index contributed by atoms with van der Waals surface area (Å²) in [7, 11) is 1.62. The highest BCUT2D eigenvalue weighted by Gasteiger charge is 2.06. The summed E-state index contributed by atoms with van der Waals surface area (Å²) in [4.78, 5) is 3.93. The first-order chi connectivity index (χ1) is 9.24. The Balaban J connectivity index is 2.13. The molecule has 0 spiro atoms. The summed E-state index contributed by atoms with van der Waals surface area (Å²) >= 11 is 6.02. The Morgan fingerprint density at radius 1 is 1.26 bits per heavy atom. The number of benzene rings is 1. The Hall–Kier alpha value is -1.78. The van der Waals surface area contributed by atoms with Gasteiger partial charge in [0.15, 0.2) is 0 Å². The molecule has 4 nitrogen and oxygen atoms in total. The first kappa shape index (κ1) is 13.6. The molecular weight excluding hydrogens is 264 g/mol. The van der Waals surface area contributed by atoms with Crippen molar-refractivity contribution < 1.29 is 9.47 Å². The van der Waals surface area contributed by atoms with Gasteiger partial charge in [0.05, 0.1) is 12.1 Å². The summed E-state index contributed by atoms with van der Waals surface area (Å²) in [6.07, 6.45) is 3.28. The van der Waals surface area contributed by atoms with Crippen molar-refractivity contribution in [2.75, 3.05) is 7.11 Å². The summed E-state index contributed by atoms with van der Waals surface area (Å²) in [6.45, 7) is 0.761. The van der Waals surface area contributed by atoms with Gasteiger partial charge in [-0.05, 0) is 24.3 Å². The van der Waals surface area contributed by atoms with Crippen molar-refractivity contribution in [3.05, 3.63) is 52.8 Å². The lowest BCUT2D eigenvalue weighted by molar-refractivity contribution is 0.302. The molecule has 0 aliphatic carbocycles. The summed E-state index contributed by atoms with van der Waals surface area (Å²) in [5.74, 6) is 1.49. The monoisotopic (exact) mass is 278 g/mol. The molecule has 0 saturated carbocycles. The maximum atomic E-state index is 6.02. The maximum absolute atomic E-state index is 6.02. The molecule has 0 aliphatic rings. The molecule has 0 fully saturated rings. The van der Waals surface area contributed by atoms with Gasteiger partial charge < -0.3 is 15.2 Å². The second-order valence-corrected chi connectivity index (χ2v) is 4.34. The van der Waals surface area contributed by atoms with E-state index in [1.807, 2.05) is 24.3 Å². The third-order valence-corrected chi connectivity index (χ3v) is 3.07. The summed E-state index contributed by atoms with van der Waals surface area (Å²) in [5, 5.41) is 0.588. The van der Waals surface area contributed by atoms with Crippen molar-refractivity contribution >= 4 is 11.6 Å². The largest absolute Gasteiger partial charge is 0.497 e. The van der Waals surface area contributed by atoms with E-state index in [4.69, 9.17) is 26.8 Å². The third kappa shape index (κ3) is 3.36. The van der Waals surface area contributed by atoms with Crippen LogP contribution in [0.5, 0.6) is 11.5 Å². The molecule has 1 aromatic heterocycles. The minimum Gasteiger partial charge on any atom is -0.497 e. The van der Waals surface area contributed by atoms with E-state index in [9.17, 15) is 0 Å². The standard InChI is InChI=1S/C14H15ClN2O2/c1-18-12-2-3-14(11(6-12)7-16)19-9-10-4-5-17-8-13(10)15/h2-6,8H,7,9,16H2,1H3. The van der Waals surface area contributed by atoms with Crippen molar-refractivity contribution in [2.24, 2.45) is 5.73 Å². The van der Waals surface area contributed by atoms with Crippen LogP contribution in [0.2, 0.25) is 5.02 Å². The van der Waals surface area contributed by atoms with Gasteiger partial charge in [0.1, 0.15) is 18.1 Å². The first-order valence-electron chi connectivity index (χ1n) is 5.82. The fourth-order valence-corrected chi connectivity index (χ4v) is 1.83. The number of rotatable bonds is 5. The summed E-state index contributed by atoms with van der Waals surface area (Å²) in [6, 6.07) is 7.37. The van der Waals surface area contributed by atoms with Gasteiger partial charge in [-0.2, -0.15) is 0 Å². The van der Waals surface area contributed by atoms with Gasteiger partial charge in [0.25, 0.3) is 0 Å². The number of hydrogen-bond acceptors (Lipinski definition) is 4. The van der Waals surface area contributed by atoms with Gasteiger partial charge in [-0.25, -0.2) is 0 Å². The lowest BCUT2D eigenvalue weighted by Crippen LogP contribution is -2.03. The van der Waals surface area contributed by atoms with Crippen molar-refractivity contribution in [3.8, 4) is 11.5 Å². The van der Waals surface area contributed by atoms with Crippen LogP contribution in [-0.4, -0.2) is 12.1 Å². The van der Waals surface area contributed by atoms with Crippen LogP contribution in [0.1, 0.15) is 11.1 Å². The van der Waals surface area contributed by atoms with Crippen LogP contribution in [0, 0.1) is 0 Å². The van der Waals surface area contributed by atoms with E-state index in [1.165, 1.54) is 0 Å². The van der Waals surface area contributed by atoms with Crippen LogP contribution in [-0.2, 0) is 13.2 Å². The quantitative estimate of drug-likeness (QED) is 0.914. The number of nitrogens with zero attached hydrogens (tertiary/aromatic N) is 1. The van der Waals surface area contributed by atoms with E-state index in [0.29, 0.717) is 18.2 Å². The number of nitrogens with two attached hydrogens (primary N) is 1. The molecule has 0 atom stereocenters. The van der Waals surface area contributed by atoms with E-state index in [1.54, 1.807) is 19.5 Å². The molecule has 2 rings (SSSR count). The van der Waals surface area contributed by atoms with Crippen molar-refractivity contribution in [1.29, 1.82) is 0 Å². The minimum atomic E-state index is 0.376. The van der Waals surface area contributed by atoms with E-state index in [0.717, 1.165) is 22.6 Å². The van der Waals surface area contributed by atoms with Crippen molar-refractivity contribution in [2.45, 2.75) is 13.2 Å². The van der Waals surface area contributed by atoms with Crippen molar-refractivity contribution in [3.63, 3.8) is 0 Å². The highest BCUT2D eigenvalue weighted by Crippen LogP contribution is 2.25. The van der Waals surface area contributed by atoms with Gasteiger partial charge in [0.2, 0.25) is 0 Å². The smallest absolute Gasteiger partial charge is 0.124 e. The van der Waals surface area contributed by atoms with E-state index in [-0.39, 0.29) is 0 Å². The number of methoxy groups -OCH3 is 1. The molecule has 0 bridgehead atoms. The predicted octanol–water partition coefficient (Wildman–Crippen LogP) is 2.78. The molecule has 0 unspecified atom stereocenters. The van der Waals surface area contributed by atoms with Crippen LogP contribution in [0.3, 0.4) is 0 Å². The second-order valence-electron chi connectivity index (χ2n) is 3.93. The number of halogens is 1. The first-order valence-corrected chi connectivity index (χ1v) is 6.20. The Morgan fingerprint density at radius 3 is 2.79 bits per heavy atom. The molecule has 100 valence electrons. The van der Waals surface area contributed by atoms with Crippen LogP contribution >= 0.6 is 11.6 Å². The van der Waals surface area contributed by atoms with Gasteiger partial charge in [-0.3, -0.25) is 4.98 Å². The van der Waals surface area contributed by atoms with Gasteiger partial charge in [0, 0.05) is 30.1 Å². The van der Waals surface area contributed by atoms with E-state index in [2.05, 4.69) is 4.98 Å². The highest BCUT2D eigenvalue weighted by atomic mass is 35.5. The molecule has 5 heteroatoms. The topological polar surface area (TPSA) is 57.4 Å². The Bertz CT molecular complexity index is 561. The van der Waals surface area contributed by atoms with E-state index < -0.39 is 0 Å².